The summed E-state index contributed by atoms with van der Waals surface area (Å²) in [4.78, 5) is 20.6. The predicted molar refractivity (Wildman–Crippen MR) is 119 cm³/mol. The maximum absolute atomic E-state index is 5.51. The SMILES string of the molecule is CCNC(=NCCN1CCOCC1C)N1CCN(c2ncccn2)CC1.I. The van der Waals surface area contributed by atoms with Crippen molar-refractivity contribution < 1.29 is 4.74 Å². The number of rotatable bonds is 5. The van der Waals surface area contributed by atoms with Crippen molar-refractivity contribution in [1.29, 1.82) is 0 Å². The maximum Gasteiger partial charge on any atom is 0.225 e. The molecule has 27 heavy (non-hydrogen) atoms. The second kappa shape index (κ2) is 11.6. The maximum atomic E-state index is 5.51. The summed E-state index contributed by atoms with van der Waals surface area (Å²) in [6.07, 6.45) is 3.60. The van der Waals surface area contributed by atoms with Gasteiger partial charge < -0.3 is 19.9 Å². The van der Waals surface area contributed by atoms with Crippen LogP contribution >= 0.6 is 24.0 Å². The number of ether oxygens (including phenoxy) is 1. The zero-order valence-corrected chi connectivity index (χ0v) is 18.7. The summed E-state index contributed by atoms with van der Waals surface area (Å²) >= 11 is 0. The molecule has 9 heteroatoms. The third-order valence-corrected chi connectivity index (χ3v) is 4.90. The van der Waals surface area contributed by atoms with Crippen molar-refractivity contribution in [1.82, 2.24) is 25.1 Å². The topological polar surface area (TPSA) is 69.1 Å². The highest BCUT2D eigenvalue weighted by Gasteiger charge is 2.22. The average molecular weight is 489 g/mol. The number of nitrogens with zero attached hydrogens (tertiary/aromatic N) is 6. The molecule has 1 unspecified atom stereocenters. The number of nitrogens with one attached hydrogen (secondary N) is 1. The van der Waals surface area contributed by atoms with Gasteiger partial charge in [-0.3, -0.25) is 9.89 Å². The van der Waals surface area contributed by atoms with E-state index >= 15 is 0 Å². The molecule has 0 saturated carbocycles. The van der Waals surface area contributed by atoms with E-state index in [1.165, 1.54) is 0 Å². The lowest BCUT2D eigenvalue weighted by atomic mass is 10.2. The third kappa shape index (κ3) is 6.42. The van der Waals surface area contributed by atoms with Crippen LogP contribution in [0.2, 0.25) is 0 Å². The van der Waals surface area contributed by atoms with Gasteiger partial charge in [0.15, 0.2) is 5.96 Å². The van der Waals surface area contributed by atoms with Gasteiger partial charge in [-0.05, 0) is 19.9 Å². The molecule has 2 aliphatic heterocycles. The molecule has 1 aromatic rings. The van der Waals surface area contributed by atoms with Crippen molar-refractivity contribution >= 4 is 35.9 Å². The molecule has 0 aliphatic carbocycles. The molecule has 3 rings (SSSR count). The van der Waals surface area contributed by atoms with Gasteiger partial charge in [0.25, 0.3) is 0 Å². The molecule has 2 saturated heterocycles. The van der Waals surface area contributed by atoms with E-state index in [0.29, 0.717) is 6.04 Å². The smallest absolute Gasteiger partial charge is 0.225 e. The first-order valence-corrected chi connectivity index (χ1v) is 9.65. The first-order valence-electron chi connectivity index (χ1n) is 9.65. The van der Waals surface area contributed by atoms with E-state index in [1.807, 2.05) is 6.07 Å². The van der Waals surface area contributed by atoms with Crippen molar-refractivity contribution in [2.24, 2.45) is 4.99 Å². The molecule has 2 fully saturated rings. The third-order valence-electron chi connectivity index (χ3n) is 4.90. The number of morpholine rings is 1. The van der Waals surface area contributed by atoms with Crippen molar-refractivity contribution in [3.05, 3.63) is 18.5 Å². The van der Waals surface area contributed by atoms with Crippen LogP contribution in [0.5, 0.6) is 0 Å². The van der Waals surface area contributed by atoms with Crippen LogP contribution in [-0.4, -0.2) is 97.3 Å². The first kappa shape index (κ1) is 22.1. The van der Waals surface area contributed by atoms with Crippen LogP contribution in [0.25, 0.3) is 0 Å². The van der Waals surface area contributed by atoms with Crippen LogP contribution < -0.4 is 10.2 Å². The van der Waals surface area contributed by atoms with Gasteiger partial charge in [-0.15, -0.1) is 24.0 Å². The molecular formula is C18H32IN7O. The fourth-order valence-electron chi connectivity index (χ4n) is 3.38. The molecular weight excluding hydrogens is 457 g/mol. The van der Waals surface area contributed by atoms with E-state index in [1.54, 1.807) is 12.4 Å². The molecule has 1 atom stereocenters. The monoisotopic (exact) mass is 489 g/mol. The minimum atomic E-state index is 0. The quantitative estimate of drug-likeness (QED) is 0.375. The summed E-state index contributed by atoms with van der Waals surface area (Å²) < 4.78 is 5.51. The number of piperazine rings is 1. The summed E-state index contributed by atoms with van der Waals surface area (Å²) in [6.45, 7) is 13.4. The summed E-state index contributed by atoms with van der Waals surface area (Å²) in [6, 6.07) is 2.33. The molecule has 152 valence electrons. The highest BCUT2D eigenvalue weighted by Crippen LogP contribution is 2.10. The number of aliphatic imine (C=N–C) groups is 1. The van der Waals surface area contributed by atoms with Gasteiger partial charge in [0.1, 0.15) is 0 Å². The largest absolute Gasteiger partial charge is 0.379 e. The minimum Gasteiger partial charge on any atom is -0.379 e. The zero-order chi connectivity index (χ0) is 18.2. The minimum absolute atomic E-state index is 0. The molecule has 0 amide bonds. The molecule has 0 spiro atoms. The zero-order valence-electron chi connectivity index (χ0n) is 16.4. The van der Waals surface area contributed by atoms with Gasteiger partial charge in [-0.1, -0.05) is 0 Å². The number of hydrogen-bond acceptors (Lipinski definition) is 6. The van der Waals surface area contributed by atoms with E-state index in [4.69, 9.17) is 9.73 Å². The normalized spacial score (nSPS) is 21.7. The van der Waals surface area contributed by atoms with Gasteiger partial charge >= 0.3 is 0 Å². The second-order valence-corrected chi connectivity index (χ2v) is 6.72. The molecule has 8 nitrogen and oxygen atoms in total. The van der Waals surface area contributed by atoms with Crippen LogP contribution in [-0.2, 0) is 4.74 Å². The Labute approximate surface area is 179 Å². The molecule has 3 heterocycles. The lowest BCUT2D eigenvalue weighted by Gasteiger charge is -2.36. The Morgan fingerprint density at radius 1 is 1.22 bits per heavy atom. The number of guanidine groups is 1. The van der Waals surface area contributed by atoms with Crippen LogP contribution in [0.15, 0.2) is 23.5 Å². The molecule has 0 radical (unpaired) electrons. The van der Waals surface area contributed by atoms with Gasteiger partial charge in [-0.25, -0.2) is 9.97 Å². The van der Waals surface area contributed by atoms with Crippen molar-refractivity contribution in [2.75, 3.05) is 70.5 Å². The van der Waals surface area contributed by atoms with Gasteiger partial charge in [0.05, 0.1) is 19.8 Å². The lowest BCUT2D eigenvalue weighted by molar-refractivity contribution is 0.00139. The number of halogens is 1. The summed E-state index contributed by atoms with van der Waals surface area (Å²) in [5, 5.41) is 3.44. The van der Waals surface area contributed by atoms with Gasteiger partial charge in [0, 0.05) is 64.2 Å². The fourth-order valence-corrected chi connectivity index (χ4v) is 3.38. The molecule has 1 N–H and O–H groups in total. The second-order valence-electron chi connectivity index (χ2n) is 6.72. The van der Waals surface area contributed by atoms with Crippen molar-refractivity contribution in [3.8, 4) is 0 Å². The number of hydrogen-bond donors (Lipinski definition) is 1. The van der Waals surface area contributed by atoms with Crippen LogP contribution in [0, 0.1) is 0 Å². The van der Waals surface area contributed by atoms with Gasteiger partial charge in [0.2, 0.25) is 5.95 Å². The fraction of sp³-hybridized carbons (Fsp3) is 0.722. The Hall–Kier alpha value is -1.20. The Balaban J connectivity index is 0.00000261. The molecule has 2 aliphatic rings. The van der Waals surface area contributed by atoms with E-state index in [0.717, 1.165) is 77.5 Å². The highest BCUT2D eigenvalue weighted by molar-refractivity contribution is 14.0. The van der Waals surface area contributed by atoms with E-state index in [-0.39, 0.29) is 24.0 Å². The highest BCUT2D eigenvalue weighted by atomic mass is 127. The molecule has 0 bridgehead atoms. The summed E-state index contributed by atoms with van der Waals surface area (Å²) in [5.74, 6) is 1.83. The van der Waals surface area contributed by atoms with Crippen LogP contribution in [0.1, 0.15) is 13.8 Å². The average Bonchev–Trinajstić information content (AvgIpc) is 2.69. The first-order chi connectivity index (χ1) is 12.8. The number of aromatic nitrogens is 2. The van der Waals surface area contributed by atoms with Gasteiger partial charge in [-0.2, -0.15) is 0 Å². The van der Waals surface area contributed by atoms with E-state index in [2.05, 4.69) is 43.8 Å². The Bertz CT molecular complexity index is 566. The summed E-state index contributed by atoms with van der Waals surface area (Å²) in [5.41, 5.74) is 0. The van der Waals surface area contributed by atoms with Crippen molar-refractivity contribution in [3.63, 3.8) is 0 Å². The standard InChI is InChI=1S/C18H31N7O.HI/c1-3-19-17(22-7-8-23-13-14-26-15-16(23)2)24-9-11-25(12-10-24)18-20-5-4-6-21-18;/h4-6,16H,3,7-15H2,1-2H3,(H,19,22);1H. The Kier molecular flexibility index (Phi) is 9.49. The number of anilines is 1. The molecule has 1 aromatic heterocycles. The van der Waals surface area contributed by atoms with Crippen LogP contribution in [0.4, 0.5) is 5.95 Å². The Morgan fingerprint density at radius 3 is 2.63 bits per heavy atom. The van der Waals surface area contributed by atoms with Crippen LogP contribution in [0.3, 0.4) is 0 Å². The van der Waals surface area contributed by atoms with E-state index in [9.17, 15) is 0 Å². The Morgan fingerprint density at radius 2 is 1.96 bits per heavy atom. The lowest BCUT2D eigenvalue weighted by Crippen LogP contribution is -2.53. The van der Waals surface area contributed by atoms with Crippen molar-refractivity contribution in [2.45, 2.75) is 19.9 Å². The predicted octanol–water partition coefficient (Wildman–Crippen LogP) is 0.903. The van der Waals surface area contributed by atoms with E-state index < -0.39 is 0 Å². The summed E-state index contributed by atoms with van der Waals surface area (Å²) in [7, 11) is 0. The molecule has 0 aromatic carbocycles.